The summed E-state index contributed by atoms with van der Waals surface area (Å²) in [5, 5.41) is 2.64. The van der Waals surface area contributed by atoms with Gasteiger partial charge in [-0.3, -0.25) is 4.79 Å². The minimum atomic E-state index is -0.00873. The molecule has 0 radical (unpaired) electrons. The predicted octanol–water partition coefficient (Wildman–Crippen LogP) is 2.60. The zero-order valence-corrected chi connectivity index (χ0v) is 9.55. The van der Waals surface area contributed by atoms with Crippen molar-refractivity contribution in [1.82, 2.24) is 5.32 Å². The van der Waals surface area contributed by atoms with Crippen LogP contribution >= 0.6 is 24.0 Å². The molecule has 1 amide bonds. The molecule has 0 spiro atoms. The van der Waals surface area contributed by atoms with E-state index in [0.717, 1.165) is 4.91 Å². The molecule has 2 nitrogen and oxygen atoms in total. The topological polar surface area (TPSA) is 29.1 Å². The number of rotatable bonds is 1. The maximum Gasteiger partial charge on any atom is 0.263 e. The summed E-state index contributed by atoms with van der Waals surface area (Å²) in [4.78, 5) is 12.2. The Bertz CT molecular complexity index is 292. The highest BCUT2D eigenvalue weighted by Crippen LogP contribution is 2.30. The molecule has 1 saturated heterocycles. The Morgan fingerprint density at radius 3 is 2.64 bits per heavy atom. The number of thiocarbonyl (C=S) groups is 1. The number of thioether (sulfide) groups is 1. The van der Waals surface area contributed by atoms with Crippen molar-refractivity contribution in [3.63, 3.8) is 0 Å². The summed E-state index contributed by atoms with van der Waals surface area (Å²) in [5.74, 6) is 0.587. The number of amides is 1. The van der Waals surface area contributed by atoms with Gasteiger partial charge in [0, 0.05) is 0 Å². The zero-order chi connectivity index (χ0) is 9.97. The Balaban J connectivity index is 2.02. The van der Waals surface area contributed by atoms with Crippen LogP contribution in [0, 0.1) is 5.92 Å². The number of allylic oxidation sites excluding steroid dienone is 1. The fourth-order valence-corrected chi connectivity index (χ4v) is 3.06. The number of carbonyl (C=O) groups is 1. The van der Waals surface area contributed by atoms with E-state index in [1.54, 1.807) is 0 Å². The van der Waals surface area contributed by atoms with Gasteiger partial charge in [0.2, 0.25) is 0 Å². The molecule has 2 fully saturated rings. The van der Waals surface area contributed by atoms with Crippen molar-refractivity contribution in [1.29, 1.82) is 0 Å². The van der Waals surface area contributed by atoms with E-state index in [1.807, 2.05) is 0 Å². The van der Waals surface area contributed by atoms with Crippen LogP contribution in [0.5, 0.6) is 0 Å². The quantitative estimate of drug-likeness (QED) is 0.551. The molecule has 2 rings (SSSR count). The second kappa shape index (κ2) is 4.45. The van der Waals surface area contributed by atoms with E-state index >= 15 is 0 Å². The van der Waals surface area contributed by atoms with Gasteiger partial charge in [0.05, 0.1) is 4.91 Å². The molecule has 0 atom stereocenters. The van der Waals surface area contributed by atoms with Gasteiger partial charge in [0.15, 0.2) is 0 Å². The Kier molecular flexibility index (Phi) is 3.23. The third-order valence-electron chi connectivity index (χ3n) is 2.68. The molecule has 1 heterocycles. The van der Waals surface area contributed by atoms with E-state index in [4.69, 9.17) is 12.2 Å². The lowest BCUT2D eigenvalue weighted by molar-refractivity contribution is -0.115. The minimum Gasteiger partial charge on any atom is -0.307 e. The average molecular weight is 227 g/mol. The van der Waals surface area contributed by atoms with Gasteiger partial charge in [0.1, 0.15) is 4.32 Å². The summed E-state index contributed by atoms with van der Waals surface area (Å²) in [6.45, 7) is 0. The lowest BCUT2D eigenvalue weighted by atomic mass is 9.89. The smallest absolute Gasteiger partial charge is 0.263 e. The molecule has 0 aromatic carbocycles. The highest BCUT2D eigenvalue weighted by Gasteiger charge is 2.23. The van der Waals surface area contributed by atoms with Gasteiger partial charge in [-0.15, -0.1) is 0 Å². The fourth-order valence-electron chi connectivity index (χ4n) is 1.95. The Morgan fingerprint density at radius 1 is 1.36 bits per heavy atom. The first-order valence-electron chi connectivity index (χ1n) is 5.01. The summed E-state index contributed by atoms with van der Waals surface area (Å²) in [6, 6.07) is 0. The summed E-state index contributed by atoms with van der Waals surface area (Å²) >= 11 is 6.33. The van der Waals surface area contributed by atoms with Crippen LogP contribution in [0.3, 0.4) is 0 Å². The summed E-state index contributed by atoms with van der Waals surface area (Å²) in [5.41, 5.74) is 0. The van der Waals surface area contributed by atoms with Gasteiger partial charge >= 0.3 is 0 Å². The normalized spacial score (nSPS) is 27.0. The summed E-state index contributed by atoms with van der Waals surface area (Å²) < 4.78 is 0.594. The second-order valence-electron chi connectivity index (χ2n) is 3.77. The molecule has 0 bridgehead atoms. The van der Waals surface area contributed by atoms with Gasteiger partial charge in [-0.25, -0.2) is 0 Å². The maximum atomic E-state index is 11.4. The van der Waals surface area contributed by atoms with Crippen LogP contribution in [0.2, 0.25) is 0 Å². The third-order valence-corrected chi connectivity index (χ3v) is 3.86. The largest absolute Gasteiger partial charge is 0.307 e. The van der Waals surface area contributed by atoms with Crippen molar-refractivity contribution >= 4 is 34.2 Å². The average Bonchev–Trinajstić information content (AvgIpc) is 2.47. The van der Waals surface area contributed by atoms with Crippen LogP contribution in [0.1, 0.15) is 32.1 Å². The number of nitrogens with one attached hydrogen (secondary N) is 1. The summed E-state index contributed by atoms with van der Waals surface area (Å²) in [6.07, 6.45) is 8.50. The SMILES string of the molecule is O=C1NC(=S)S/C1=C/C1CCCCC1. The van der Waals surface area contributed by atoms with Crippen molar-refractivity contribution in [3.8, 4) is 0 Å². The van der Waals surface area contributed by atoms with Gasteiger partial charge in [-0.1, -0.05) is 49.3 Å². The van der Waals surface area contributed by atoms with E-state index < -0.39 is 0 Å². The molecule has 4 heteroatoms. The van der Waals surface area contributed by atoms with E-state index in [2.05, 4.69) is 11.4 Å². The van der Waals surface area contributed by atoms with Gasteiger partial charge in [0.25, 0.3) is 5.91 Å². The molecule has 0 aromatic heterocycles. The Morgan fingerprint density at radius 2 is 2.07 bits per heavy atom. The lowest BCUT2D eigenvalue weighted by Crippen LogP contribution is -2.18. The van der Waals surface area contributed by atoms with Gasteiger partial charge in [-0.05, 0) is 18.8 Å². The van der Waals surface area contributed by atoms with Crippen LogP contribution in [0.25, 0.3) is 0 Å². The predicted molar refractivity (Wildman–Crippen MR) is 63.0 cm³/mol. The van der Waals surface area contributed by atoms with Gasteiger partial charge in [-0.2, -0.15) is 0 Å². The monoisotopic (exact) mass is 227 g/mol. The van der Waals surface area contributed by atoms with Crippen molar-refractivity contribution in [3.05, 3.63) is 11.0 Å². The standard InChI is InChI=1S/C10H13NOS2/c12-9-8(14-10(13)11-9)6-7-4-2-1-3-5-7/h6-7H,1-5H2,(H,11,12,13)/b8-6+. The number of carbonyl (C=O) groups excluding carboxylic acids is 1. The second-order valence-corrected chi connectivity index (χ2v) is 5.49. The molecule has 76 valence electrons. The third kappa shape index (κ3) is 2.36. The first-order chi connectivity index (χ1) is 6.75. The van der Waals surface area contributed by atoms with Crippen LogP contribution in [0.4, 0.5) is 0 Å². The molecule has 0 aromatic rings. The molecule has 1 aliphatic carbocycles. The Hall–Kier alpha value is -0.350. The van der Waals surface area contributed by atoms with E-state index in [1.165, 1.54) is 43.9 Å². The van der Waals surface area contributed by atoms with Crippen molar-refractivity contribution in [2.75, 3.05) is 0 Å². The summed E-state index contributed by atoms with van der Waals surface area (Å²) in [7, 11) is 0. The molecule has 1 aliphatic heterocycles. The van der Waals surface area contributed by atoms with E-state index in [-0.39, 0.29) is 5.91 Å². The highest BCUT2D eigenvalue weighted by molar-refractivity contribution is 8.26. The van der Waals surface area contributed by atoms with Crippen LogP contribution in [-0.2, 0) is 4.79 Å². The van der Waals surface area contributed by atoms with Crippen molar-refractivity contribution in [2.45, 2.75) is 32.1 Å². The number of hydrogen-bond donors (Lipinski definition) is 1. The van der Waals surface area contributed by atoms with Crippen molar-refractivity contribution in [2.24, 2.45) is 5.92 Å². The first-order valence-corrected chi connectivity index (χ1v) is 6.23. The minimum absolute atomic E-state index is 0.00873. The number of hydrogen-bond acceptors (Lipinski definition) is 3. The lowest BCUT2D eigenvalue weighted by Gasteiger charge is -2.18. The molecule has 2 aliphatic rings. The van der Waals surface area contributed by atoms with Crippen LogP contribution in [0.15, 0.2) is 11.0 Å². The molecule has 1 N–H and O–H groups in total. The van der Waals surface area contributed by atoms with Crippen LogP contribution < -0.4 is 5.32 Å². The van der Waals surface area contributed by atoms with E-state index in [0.29, 0.717) is 10.2 Å². The Labute approximate surface area is 93.5 Å². The fraction of sp³-hybridized carbons (Fsp3) is 0.600. The maximum absolute atomic E-state index is 11.4. The van der Waals surface area contributed by atoms with Crippen LogP contribution in [-0.4, -0.2) is 10.2 Å². The molecular formula is C10H13NOS2. The first kappa shape index (κ1) is 10.2. The van der Waals surface area contributed by atoms with Gasteiger partial charge < -0.3 is 5.32 Å². The molecule has 14 heavy (non-hydrogen) atoms. The van der Waals surface area contributed by atoms with E-state index in [9.17, 15) is 4.79 Å². The molecule has 0 unspecified atom stereocenters. The van der Waals surface area contributed by atoms with Crippen molar-refractivity contribution < 1.29 is 4.79 Å². The zero-order valence-electron chi connectivity index (χ0n) is 7.91. The molecule has 1 saturated carbocycles. The highest BCUT2D eigenvalue weighted by atomic mass is 32.2. The molecular weight excluding hydrogens is 214 g/mol.